The molecule has 5 nitrogen and oxygen atoms in total. The zero-order valence-corrected chi connectivity index (χ0v) is 11.9. The number of carbonyl (C=O) groups is 2. The summed E-state index contributed by atoms with van der Waals surface area (Å²) in [5.74, 6) is -0.495. The summed E-state index contributed by atoms with van der Waals surface area (Å²) >= 11 is 0. The van der Waals surface area contributed by atoms with E-state index in [1.165, 1.54) is 0 Å². The lowest BCUT2D eigenvalue weighted by Crippen LogP contribution is -2.40. The first-order chi connectivity index (χ1) is 8.99. The van der Waals surface area contributed by atoms with Crippen molar-refractivity contribution in [3.05, 3.63) is 0 Å². The van der Waals surface area contributed by atoms with Gasteiger partial charge in [-0.25, -0.2) is 0 Å². The number of carboxylic acid groups (broad SMARTS) is 1. The summed E-state index contributed by atoms with van der Waals surface area (Å²) in [6.07, 6.45) is 3.35. The van der Waals surface area contributed by atoms with Gasteiger partial charge in [-0.3, -0.25) is 9.59 Å². The molecular weight excluding hydrogens is 246 g/mol. The Labute approximate surface area is 114 Å². The first kappa shape index (κ1) is 16.0. The largest absolute Gasteiger partial charge is 0.481 e. The SMILES string of the molecule is CC(C)CC(CNC(=O)C1CCCCO1)CC(=O)O. The van der Waals surface area contributed by atoms with Crippen LogP contribution in [0.4, 0.5) is 0 Å². The van der Waals surface area contributed by atoms with Crippen LogP contribution >= 0.6 is 0 Å². The predicted molar refractivity (Wildman–Crippen MR) is 71.8 cm³/mol. The van der Waals surface area contributed by atoms with Crippen LogP contribution in [0.3, 0.4) is 0 Å². The van der Waals surface area contributed by atoms with Crippen LogP contribution < -0.4 is 5.32 Å². The third-order valence-electron chi connectivity index (χ3n) is 3.31. The molecular formula is C14H25NO4. The molecule has 1 fully saturated rings. The Morgan fingerprint density at radius 2 is 2.11 bits per heavy atom. The summed E-state index contributed by atoms with van der Waals surface area (Å²) in [6, 6.07) is 0. The van der Waals surface area contributed by atoms with Gasteiger partial charge in [0.2, 0.25) is 5.91 Å². The Morgan fingerprint density at radius 3 is 2.63 bits per heavy atom. The van der Waals surface area contributed by atoms with E-state index in [4.69, 9.17) is 9.84 Å². The fourth-order valence-electron chi connectivity index (χ4n) is 2.46. The fourth-order valence-corrected chi connectivity index (χ4v) is 2.46. The zero-order valence-electron chi connectivity index (χ0n) is 11.9. The van der Waals surface area contributed by atoms with Gasteiger partial charge < -0.3 is 15.2 Å². The van der Waals surface area contributed by atoms with Crippen LogP contribution in [-0.2, 0) is 14.3 Å². The van der Waals surface area contributed by atoms with Gasteiger partial charge in [0.15, 0.2) is 0 Å². The normalized spacial score (nSPS) is 21.1. The summed E-state index contributed by atoms with van der Waals surface area (Å²) in [5, 5.41) is 11.7. The molecule has 110 valence electrons. The molecule has 19 heavy (non-hydrogen) atoms. The highest BCUT2D eigenvalue weighted by molar-refractivity contribution is 5.80. The number of aliphatic carboxylic acids is 1. The lowest BCUT2D eigenvalue weighted by atomic mass is 9.94. The van der Waals surface area contributed by atoms with E-state index >= 15 is 0 Å². The highest BCUT2D eigenvalue weighted by Gasteiger charge is 2.23. The van der Waals surface area contributed by atoms with Gasteiger partial charge in [-0.2, -0.15) is 0 Å². The highest BCUT2D eigenvalue weighted by Crippen LogP contribution is 2.16. The van der Waals surface area contributed by atoms with E-state index in [0.29, 0.717) is 19.1 Å². The molecule has 2 unspecified atom stereocenters. The third-order valence-corrected chi connectivity index (χ3v) is 3.31. The van der Waals surface area contributed by atoms with Crippen LogP contribution in [0.15, 0.2) is 0 Å². The molecule has 1 heterocycles. The molecule has 0 saturated carbocycles. The van der Waals surface area contributed by atoms with Gasteiger partial charge in [0, 0.05) is 19.6 Å². The number of amides is 1. The average molecular weight is 271 g/mol. The molecule has 0 spiro atoms. The number of carboxylic acids is 1. The molecule has 1 saturated heterocycles. The molecule has 0 aliphatic carbocycles. The van der Waals surface area contributed by atoms with Crippen LogP contribution in [0.25, 0.3) is 0 Å². The molecule has 1 amide bonds. The van der Waals surface area contributed by atoms with Crippen molar-refractivity contribution < 1.29 is 19.4 Å². The van der Waals surface area contributed by atoms with Gasteiger partial charge in [0.25, 0.3) is 0 Å². The van der Waals surface area contributed by atoms with Crippen molar-refractivity contribution in [3.63, 3.8) is 0 Å². The first-order valence-corrected chi connectivity index (χ1v) is 7.10. The van der Waals surface area contributed by atoms with E-state index < -0.39 is 5.97 Å². The van der Waals surface area contributed by atoms with E-state index in [9.17, 15) is 9.59 Å². The third kappa shape index (κ3) is 6.57. The van der Waals surface area contributed by atoms with E-state index in [-0.39, 0.29) is 24.3 Å². The Bertz CT molecular complexity index is 298. The summed E-state index contributed by atoms with van der Waals surface area (Å²) in [7, 11) is 0. The molecule has 0 aromatic heterocycles. The summed E-state index contributed by atoms with van der Waals surface area (Å²) in [4.78, 5) is 22.7. The molecule has 0 radical (unpaired) electrons. The van der Waals surface area contributed by atoms with Crippen LogP contribution in [0.1, 0.15) is 46.0 Å². The Balaban J connectivity index is 2.36. The highest BCUT2D eigenvalue weighted by atomic mass is 16.5. The van der Waals surface area contributed by atoms with Crippen LogP contribution in [0, 0.1) is 11.8 Å². The Kier molecular flexibility index (Phi) is 6.84. The zero-order chi connectivity index (χ0) is 14.3. The van der Waals surface area contributed by atoms with Crippen molar-refractivity contribution in [2.45, 2.75) is 52.1 Å². The van der Waals surface area contributed by atoms with E-state index in [1.807, 2.05) is 0 Å². The molecule has 2 atom stereocenters. The van der Waals surface area contributed by atoms with Gasteiger partial charge in [-0.05, 0) is 37.5 Å². The quantitative estimate of drug-likeness (QED) is 0.740. The minimum absolute atomic E-state index is 0.00922. The predicted octanol–water partition coefficient (Wildman–Crippen LogP) is 1.81. The number of ether oxygens (including phenoxy) is 1. The van der Waals surface area contributed by atoms with Crippen molar-refractivity contribution in [2.75, 3.05) is 13.2 Å². The first-order valence-electron chi connectivity index (χ1n) is 7.10. The maximum atomic E-state index is 11.9. The second-order valence-corrected chi connectivity index (χ2v) is 5.69. The topological polar surface area (TPSA) is 75.6 Å². The lowest BCUT2D eigenvalue weighted by Gasteiger charge is -2.23. The van der Waals surface area contributed by atoms with E-state index in [0.717, 1.165) is 25.7 Å². The summed E-state index contributed by atoms with van der Waals surface area (Å²) < 4.78 is 5.41. The number of rotatable bonds is 7. The second kappa shape index (κ2) is 8.15. The van der Waals surface area contributed by atoms with Crippen LogP contribution in [0.5, 0.6) is 0 Å². The standard InChI is InChI=1S/C14H25NO4/c1-10(2)7-11(8-13(16)17)9-15-14(18)12-5-3-4-6-19-12/h10-12H,3-9H2,1-2H3,(H,15,18)(H,16,17). The molecule has 5 heteroatoms. The second-order valence-electron chi connectivity index (χ2n) is 5.69. The number of hydrogen-bond donors (Lipinski definition) is 2. The lowest BCUT2D eigenvalue weighted by molar-refractivity contribution is -0.139. The molecule has 2 N–H and O–H groups in total. The monoisotopic (exact) mass is 271 g/mol. The minimum atomic E-state index is -0.811. The smallest absolute Gasteiger partial charge is 0.303 e. The van der Waals surface area contributed by atoms with Crippen molar-refractivity contribution in [3.8, 4) is 0 Å². The van der Waals surface area contributed by atoms with Crippen LogP contribution in [-0.4, -0.2) is 36.2 Å². The maximum absolute atomic E-state index is 11.9. The van der Waals surface area contributed by atoms with Gasteiger partial charge >= 0.3 is 5.97 Å². The van der Waals surface area contributed by atoms with Crippen LogP contribution in [0.2, 0.25) is 0 Å². The molecule has 0 aromatic rings. The number of nitrogens with one attached hydrogen (secondary N) is 1. The Hall–Kier alpha value is -1.10. The molecule has 1 rings (SSSR count). The van der Waals surface area contributed by atoms with Crippen molar-refractivity contribution >= 4 is 11.9 Å². The molecule has 1 aliphatic rings. The van der Waals surface area contributed by atoms with Crippen molar-refractivity contribution in [1.82, 2.24) is 5.32 Å². The Morgan fingerprint density at radius 1 is 1.37 bits per heavy atom. The van der Waals surface area contributed by atoms with E-state index in [1.54, 1.807) is 0 Å². The van der Waals surface area contributed by atoms with Gasteiger partial charge in [0.1, 0.15) is 6.10 Å². The van der Waals surface area contributed by atoms with Crippen molar-refractivity contribution in [1.29, 1.82) is 0 Å². The fraction of sp³-hybridized carbons (Fsp3) is 0.857. The number of hydrogen-bond acceptors (Lipinski definition) is 3. The van der Waals surface area contributed by atoms with Crippen molar-refractivity contribution in [2.24, 2.45) is 11.8 Å². The van der Waals surface area contributed by atoms with Gasteiger partial charge in [-0.1, -0.05) is 13.8 Å². The minimum Gasteiger partial charge on any atom is -0.481 e. The summed E-state index contributed by atoms with van der Waals surface area (Å²) in [5.41, 5.74) is 0. The van der Waals surface area contributed by atoms with E-state index in [2.05, 4.69) is 19.2 Å². The van der Waals surface area contributed by atoms with Gasteiger partial charge in [0.05, 0.1) is 0 Å². The molecule has 0 aromatic carbocycles. The van der Waals surface area contributed by atoms with Gasteiger partial charge in [-0.15, -0.1) is 0 Å². The molecule has 1 aliphatic heterocycles. The molecule has 0 bridgehead atoms. The summed E-state index contributed by atoms with van der Waals surface area (Å²) in [6.45, 7) is 5.17. The maximum Gasteiger partial charge on any atom is 0.303 e. The average Bonchev–Trinajstić information content (AvgIpc) is 2.35. The number of carbonyl (C=O) groups excluding carboxylic acids is 1.